The SMILES string of the molecule is Oc1cccc(O)c1.Oc1cccc(O)c1.c1cc(-c2ccncc2)ccn1.c1cc(-c2ccncc2)ccn1. The maximum Gasteiger partial charge on any atom is 0.119 e. The first-order valence-corrected chi connectivity index (χ1v) is 12.1. The van der Waals surface area contributed by atoms with Gasteiger partial charge < -0.3 is 20.4 Å². The van der Waals surface area contributed by atoms with Gasteiger partial charge in [-0.1, -0.05) is 12.1 Å². The van der Waals surface area contributed by atoms with Gasteiger partial charge in [-0.25, -0.2) is 0 Å². The van der Waals surface area contributed by atoms with Crippen molar-refractivity contribution in [1.29, 1.82) is 0 Å². The fourth-order valence-corrected chi connectivity index (χ4v) is 3.16. The molecule has 6 rings (SSSR count). The Balaban J connectivity index is 0.000000150. The van der Waals surface area contributed by atoms with Crippen molar-refractivity contribution in [2.75, 3.05) is 0 Å². The smallest absolute Gasteiger partial charge is 0.119 e. The van der Waals surface area contributed by atoms with Crippen LogP contribution in [0, 0.1) is 0 Å². The molecule has 200 valence electrons. The summed E-state index contributed by atoms with van der Waals surface area (Å²) in [5.41, 5.74) is 4.69. The molecular weight excluding hydrogens is 504 g/mol. The first-order chi connectivity index (χ1) is 19.5. The van der Waals surface area contributed by atoms with Crippen LogP contribution in [0.5, 0.6) is 23.0 Å². The van der Waals surface area contributed by atoms with Gasteiger partial charge in [-0.3, -0.25) is 19.9 Å². The first-order valence-electron chi connectivity index (χ1n) is 12.1. The molecule has 8 nitrogen and oxygen atoms in total. The quantitative estimate of drug-likeness (QED) is 0.199. The monoisotopic (exact) mass is 532 g/mol. The standard InChI is InChI=1S/2C10H8N2.2C6H6O2/c2*1-5-11-6-2-9(1)10-3-7-12-8-4-10;2*7-5-2-1-3-6(8)4-5/h2*1-8H;2*1-4,7-8H. The molecule has 0 saturated heterocycles. The molecular formula is C32H28N4O4. The van der Waals surface area contributed by atoms with Gasteiger partial charge in [-0.15, -0.1) is 0 Å². The predicted molar refractivity (Wildman–Crippen MR) is 154 cm³/mol. The third-order valence-corrected chi connectivity index (χ3v) is 5.05. The molecule has 0 fully saturated rings. The number of pyridine rings is 4. The molecule has 0 amide bonds. The summed E-state index contributed by atoms with van der Waals surface area (Å²) in [6, 6.07) is 27.6. The second kappa shape index (κ2) is 16.2. The molecule has 40 heavy (non-hydrogen) atoms. The Morgan fingerprint density at radius 1 is 0.300 bits per heavy atom. The van der Waals surface area contributed by atoms with Gasteiger partial charge in [0.15, 0.2) is 0 Å². The average molecular weight is 533 g/mol. The minimum absolute atomic E-state index is 0.0880. The van der Waals surface area contributed by atoms with E-state index in [4.69, 9.17) is 20.4 Å². The van der Waals surface area contributed by atoms with E-state index in [0.29, 0.717) is 0 Å². The van der Waals surface area contributed by atoms with Gasteiger partial charge in [0.2, 0.25) is 0 Å². The summed E-state index contributed by atoms with van der Waals surface area (Å²) in [5.74, 6) is 0.352. The number of hydrogen-bond acceptors (Lipinski definition) is 8. The van der Waals surface area contributed by atoms with Gasteiger partial charge in [0, 0.05) is 61.7 Å². The van der Waals surface area contributed by atoms with E-state index in [2.05, 4.69) is 19.9 Å². The van der Waals surface area contributed by atoms with Gasteiger partial charge in [0.05, 0.1) is 0 Å². The average Bonchev–Trinajstić information content (AvgIpc) is 3.00. The van der Waals surface area contributed by atoms with Crippen molar-refractivity contribution in [2.24, 2.45) is 0 Å². The van der Waals surface area contributed by atoms with Crippen LogP contribution in [0.25, 0.3) is 22.3 Å². The Morgan fingerprint density at radius 3 is 0.650 bits per heavy atom. The van der Waals surface area contributed by atoms with Crippen molar-refractivity contribution in [3.8, 4) is 45.3 Å². The zero-order chi connectivity index (χ0) is 28.4. The molecule has 6 aromatic rings. The van der Waals surface area contributed by atoms with Gasteiger partial charge in [-0.05, 0) is 95.1 Å². The molecule has 0 saturated carbocycles. The van der Waals surface area contributed by atoms with Crippen molar-refractivity contribution in [2.45, 2.75) is 0 Å². The highest BCUT2D eigenvalue weighted by molar-refractivity contribution is 5.62. The highest BCUT2D eigenvalue weighted by Gasteiger charge is 1.94. The van der Waals surface area contributed by atoms with E-state index in [1.54, 1.807) is 61.7 Å². The zero-order valence-corrected chi connectivity index (χ0v) is 21.4. The lowest BCUT2D eigenvalue weighted by atomic mass is 10.1. The fraction of sp³-hybridized carbons (Fsp3) is 0. The fourth-order valence-electron chi connectivity index (χ4n) is 3.16. The van der Waals surface area contributed by atoms with Crippen molar-refractivity contribution >= 4 is 0 Å². The van der Waals surface area contributed by atoms with Crippen LogP contribution < -0.4 is 0 Å². The molecule has 0 radical (unpaired) electrons. The van der Waals surface area contributed by atoms with E-state index >= 15 is 0 Å². The Labute approximate surface area is 232 Å². The predicted octanol–water partition coefficient (Wildman–Crippen LogP) is 6.48. The maximum absolute atomic E-state index is 8.65. The Morgan fingerprint density at radius 2 is 0.500 bits per heavy atom. The molecule has 0 spiro atoms. The number of rotatable bonds is 2. The van der Waals surface area contributed by atoms with Crippen LogP contribution in [-0.4, -0.2) is 40.4 Å². The van der Waals surface area contributed by atoms with E-state index in [9.17, 15) is 0 Å². The van der Waals surface area contributed by atoms with E-state index in [0.717, 1.165) is 0 Å². The van der Waals surface area contributed by atoms with Gasteiger partial charge in [0.25, 0.3) is 0 Å². The lowest BCUT2D eigenvalue weighted by Crippen LogP contribution is -1.77. The van der Waals surface area contributed by atoms with E-state index in [1.807, 2.05) is 48.5 Å². The number of benzene rings is 2. The number of nitrogens with zero attached hydrogens (tertiary/aromatic N) is 4. The topological polar surface area (TPSA) is 132 Å². The minimum atomic E-state index is 0.0880. The molecule has 4 aromatic heterocycles. The molecule has 0 aliphatic carbocycles. The van der Waals surface area contributed by atoms with E-state index in [-0.39, 0.29) is 23.0 Å². The third-order valence-electron chi connectivity index (χ3n) is 5.05. The van der Waals surface area contributed by atoms with Crippen LogP contribution in [0.15, 0.2) is 147 Å². The summed E-state index contributed by atoms with van der Waals surface area (Å²) in [5, 5.41) is 34.6. The number of hydrogen-bond donors (Lipinski definition) is 4. The summed E-state index contributed by atoms with van der Waals surface area (Å²) in [4.78, 5) is 15.8. The van der Waals surface area contributed by atoms with Crippen molar-refractivity contribution < 1.29 is 20.4 Å². The summed E-state index contributed by atoms with van der Waals surface area (Å²) in [7, 11) is 0. The molecule has 0 aliphatic rings. The van der Waals surface area contributed by atoms with Crippen LogP contribution in [0.4, 0.5) is 0 Å². The second-order valence-electron chi connectivity index (χ2n) is 7.98. The zero-order valence-electron chi connectivity index (χ0n) is 21.4. The highest BCUT2D eigenvalue weighted by atomic mass is 16.3. The number of phenols is 4. The molecule has 0 atom stereocenters. The lowest BCUT2D eigenvalue weighted by Gasteiger charge is -1.97. The summed E-state index contributed by atoms with van der Waals surface area (Å²) in [6.07, 6.45) is 14.3. The maximum atomic E-state index is 8.65. The molecule has 8 heteroatoms. The first kappa shape index (κ1) is 28.8. The molecule has 0 aliphatic heterocycles. The summed E-state index contributed by atoms with van der Waals surface area (Å²) < 4.78 is 0. The Hall–Kier alpha value is -5.76. The molecule has 4 heterocycles. The third kappa shape index (κ3) is 10.7. The van der Waals surface area contributed by atoms with Crippen molar-refractivity contribution in [3.63, 3.8) is 0 Å². The van der Waals surface area contributed by atoms with Crippen LogP contribution in [0.2, 0.25) is 0 Å². The van der Waals surface area contributed by atoms with E-state index in [1.165, 1.54) is 58.7 Å². The molecule has 0 bridgehead atoms. The summed E-state index contributed by atoms with van der Waals surface area (Å²) >= 11 is 0. The van der Waals surface area contributed by atoms with E-state index < -0.39 is 0 Å². The van der Waals surface area contributed by atoms with Gasteiger partial charge >= 0.3 is 0 Å². The van der Waals surface area contributed by atoms with Crippen LogP contribution in [0.3, 0.4) is 0 Å². The van der Waals surface area contributed by atoms with Crippen LogP contribution >= 0.6 is 0 Å². The molecule has 4 N–H and O–H groups in total. The van der Waals surface area contributed by atoms with Crippen LogP contribution in [0.1, 0.15) is 0 Å². The van der Waals surface area contributed by atoms with Crippen molar-refractivity contribution in [1.82, 2.24) is 19.9 Å². The summed E-state index contributed by atoms with van der Waals surface area (Å²) in [6.45, 7) is 0. The highest BCUT2D eigenvalue weighted by Crippen LogP contribution is 2.17. The number of aromatic hydroxyl groups is 4. The van der Waals surface area contributed by atoms with Gasteiger partial charge in [-0.2, -0.15) is 0 Å². The largest absolute Gasteiger partial charge is 0.508 e. The van der Waals surface area contributed by atoms with Gasteiger partial charge in [0.1, 0.15) is 23.0 Å². The normalized spacial score (nSPS) is 9.40. The van der Waals surface area contributed by atoms with Crippen molar-refractivity contribution in [3.05, 3.63) is 147 Å². The number of aromatic nitrogens is 4. The second-order valence-corrected chi connectivity index (χ2v) is 7.98. The Bertz CT molecular complexity index is 1290. The Kier molecular flexibility index (Phi) is 11.6. The number of phenolic OH excluding ortho intramolecular Hbond substituents is 4. The minimum Gasteiger partial charge on any atom is -0.508 e. The van der Waals surface area contributed by atoms with Crippen LogP contribution in [-0.2, 0) is 0 Å². The lowest BCUT2D eigenvalue weighted by molar-refractivity contribution is 0.449. The molecule has 0 unspecified atom stereocenters. The molecule has 2 aromatic carbocycles.